The van der Waals surface area contributed by atoms with Gasteiger partial charge in [0.15, 0.2) is 0 Å². The van der Waals surface area contributed by atoms with Crippen LogP contribution in [0.2, 0.25) is 0 Å². The second kappa shape index (κ2) is 14.0. The summed E-state index contributed by atoms with van der Waals surface area (Å²) in [5.74, 6) is -0.847. The average Bonchev–Trinajstić information content (AvgIpc) is 2.95. The first kappa shape index (κ1) is 30.7. The molecule has 9 nitrogen and oxygen atoms in total. The highest BCUT2D eigenvalue weighted by molar-refractivity contribution is 5.97. The Bertz CT molecular complexity index is 1350. The number of benzene rings is 2. The van der Waals surface area contributed by atoms with Crippen LogP contribution >= 0.6 is 0 Å². The van der Waals surface area contributed by atoms with Gasteiger partial charge in [0.05, 0.1) is 18.1 Å². The van der Waals surface area contributed by atoms with Gasteiger partial charge in [-0.3, -0.25) is 9.59 Å². The quantitative estimate of drug-likeness (QED) is 0.256. The van der Waals surface area contributed by atoms with Crippen LogP contribution in [0.5, 0.6) is 5.75 Å². The fraction of sp³-hybridized carbons (Fsp3) is 0.452. The van der Waals surface area contributed by atoms with Gasteiger partial charge < -0.3 is 29.8 Å². The summed E-state index contributed by atoms with van der Waals surface area (Å²) >= 11 is 0. The van der Waals surface area contributed by atoms with Crippen molar-refractivity contribution < 1.29 is 23.8 Å². The summed E-state index contributed by atoms with van der Waals surface area (Å²) in [5.41, 5.74) is 0.908. The molecule has 0 spiro atoms. The summed E-state index contributed by atoms with van der Waals surface area (Å²) < 4.78 is 11.6. The van der Waals surface area contributed by atoms with Crippen LogP contribution in [0.25, 0.3) is 11.0 Å². The molecule has 216 valence electrons. The average molecular weight is 552 g/mol. The Morgan fingerprint density at radius 1 is 1.05 bits per heavy atom. The summed E-state index contributed by atoms with van der Waals surface area (Å²) in [7, 11) is 0. The number of nitrogens with one attached hydrogen (secondary N) is 2. The predicted molar refractivity (Wildman–Crippen MR) is 157 cm³/mol. The van der Waals surface area contributed by atoms with Crippen molar-refractivity contribution in [2.45, 2.75) is 53.1 Å². The molecule has 0 saturated heterocycles. The number of phenolic OH excluding ortho intramolecular Hbond substituents is 1. The number of rotatable bonds is 14. The molecule has 0 radical (unpaired) electrons. The van der Waals surface area contributed by atoms with Gasteiger partial charge in [-0.1, -0.05) is 26.0 Å². The number of aromatic hydroxyl groups is 1. The topological polar surface area (TPSA) is 121 Å². The predicted octanol–water partition coefficient (Wildman–Crippen LogP) is 4.25. The van der Waals surface area contributed by atoms with Crippen molar-refractivity contribution in [3.8, 4) is 5.75 Å². The van der Waals surface area contributed by atoms with Gasteiger partial charge in [-0.05, 0) is 69.5 Å². The monoisotopic (exact) mass is 551 g/mol. The number of hydrogen-bond acceptors (Lipinski definition) is 7. The zero-order valence-electron chi connectivity index (χ0n) is 24.1. The van der Waals surface area contributed by atoms with Gasteiger partial charge in [0.2, 0.25) is 5.91 Å². The first-order valence-corrected chi connectivity index (χ1v) is 13.9. The highest BCUT2D eigenvalue weighted by Gasteiger charge is 2.27. The van der Waals surface area contributed by atoms with E-state index in [-0.39, 0.29) is 30.4 Å². The fourth-order valence-electron chi connectivity index (χ4n) is 4.25. The third kappa shape index (κ3) is 8.08. The highest BCUT2D eigenvalue weighted by atomic mass is 16.5. The van der Waals surface area contributed by atoms with E-state index in [2.05, 4.69) is 29.4 Å². The molecule has 2 aromatic carbocycles. The molecule has 0 saturated carbocycles. The zero-order valence-corrected chi connectivity index (χ0v) is 24.1. The number of amides is 2. The molecular weight excluding hydrogens is 510 g/mol. The van der Waals surface area contributed by atoms with Crippen molar-refractivity contribution in [1.29, 1.82) is 0 Å². The Balaban J connectivity index is 1.54. The van der Waals surface area contributed by atoms with Crippen LogP contribution in [0.3, 0.4) is 0 Å². The van der Waals surface area contributed by atoms with E-state index in [9.17, 15) is 19.5 Å². The van der Waals surface area contributed by atoms with Crippen LogP contribution in [0.4, 0.5) is 5.69 Å². The van der Waals surface area contributed by atoms with E-state index in [0.717, 1.165) is 24.3 Å². The summed E-state index contributed by atoms with van der Waals surface area (Å²) in [5, 5.41) is 15.8. The lowest BCUT2D eigenvalue weighted by molar-refractivity contribution is -0.129. The van der Waals surface area contributed by atoms with Crippen molar-refractivity contribution in [3.63, 3.8) is 0 Å². The smallest absolute Gasteiger partial charge is 0.349 e. The molecule has 2 atom stereocenters. The second-order valence-corrected chi connectivity index (χ2v) is 10.2. The highest BCUT2D eigenvalue weighted by Crippen LogP contribution is 2.22. The maximum Gasteiger partial charge on any atom is 0.349 e. The number of carbonyl (C=O) groups is 2. The van der Waals surface area contributed by atoms with Crippen molar-refractivity contribution in [2.75, 3.05) is 37.7 Å². The van der Waals surface area contributed by atoms with E-state index < -0.39 is 23.1 Å². The largest absolute Gasteiger partial charge is 0.508 e. The maximum atomic E-state index is 12.9. The Morgan fingerprint density at radius 3 is 2.40 bits per heavy atom. The third-order valence-electron chi connectivity index (χ3n) is 7.24. The van der Waals surface area contributed by atoms with Crippen LogP contribution in [-0.2, 0) is 16.0 Å². The maximum absolute atomic E-state index is 12.9. The summed E-state index contributed by atoms with van der Waals surface area (Å²) in [6.45, 7) is 12.2. The van der Waals surface area contributed by atoms with Gasteiger partial charge in [0.25, 0.3) is 5.91 Å². The number of anilines is 1. The van der Waals surface area contributed by atoms with Crippen LogP contribution < -0.4 is 21.2 Å². The lowest BCUT2D eigenvalue weighted by Crippen LogP contribution is -2.45. The van der Waals surface area contributed by atoms with Gasteiger partial charge in [-0.2, -0.15) is 0 Å². The first-order valence-electron chi connectivity index (χ1n) is 13.9. The van der Waals surface area contributed by atoms with Crippen LogP contribution in [0.1, 0.15) is 57.0 Å². The van der Waals surface area contributed by atoms with E-state index in [1.165, 1.54) is 0 Å². The number of fused-ring (bicyclic) bond motifs is 1. The minimum atomic E-state index is -0.730. The van der Waals surface area contributed by atoms with Crippen molar-refractivity contribution >= 4 is 28.5 Å². The SMILES string of the molecule is CCN(CC)c1ccc2cc(C(=O)NCC(C)(CC)OCC(C)C(=O)NCCc3ccc(O)cc3)c(=O)oc2c1. The van der Waals surface area contributed by atoms with E-state index >= 15 is 0 Å². The number of nitrogens with zero attached hydrogens (tertiary/aromatic N) is 1. The number of carbonyl (C=O) groups excluding carboxylic acids is 2. The molecule has 2 unspecified atom stereocenters. The van der Waals surface area contributed by atoms with E-state index in [4.69, 9.17) is 9.15 Å². The Hall–Kier alpha value is -3.85. The number of hydrogen-bond donors (Lipinski definition) is 3. The van der Waals surface area contributed by atoms with Crippen LogP contribution in [0.15, 0.2) is 57.7 Å². The van der Waals surface area contributed by atoms with Crippen molar-refractivity contribution in [3.05, 3.63) is 70.1 Å². The minimum absolute atomic E-state index is 0.0667. The Kier molecular flexibility index (Phi) is 10.7. The molecule has 0 aliphatic heterocycles. The standard InChI is InChI=1S/C31H41N3O6/c1-6-31(5,39-19-21(4)28(36)32-16-15-22-9-13-25(35)14-10-22)20-33-29(37)26-17-23-11-12-24(34(7-2)8-3)18-27(23)40-30(26)38/h9-14,17-18,21,35H,6-8,15-16,19-20H2,1-5H3,(H,32,36)(H,33,37). The summed E-state index contributed by atoms with van der Waals surface area (Å²) in [4.78, 5) is 40.2. The van der Waals surface area contributed by atoms with Crippen molar-refractivity contribution in [2.24, 2.45) is 5.92 Å². The third-order valence-corrected chi connectivity index (χ3v) is 7.24. The summed E-state index contributed by atoms with van der Waals surface area (Å²) in [6, 6.07) is 14.0. The second-order valence-electron chi connectivity index (χ2n) is 10.2. The molecule has 3 rings (SSSR count). The lowest BCUT2D eigenvalue weighted by atomic mass is 10.0. The molecule has 3 N–H and O–H groups in total. The molecule has 2 amide bonds. The molecular formula is C31H41N3O6. The van der Waals surface area contributed by atoms with Crippen molar-refractivity contribution in [1.82, 2.24) is 10.6 Å². The Labute approximate surface area is 235 Å². The molecule has 1 heterocycles. The molecule has 1 aromatic heterocycles. The van der Waals surface area contributed by atoms with Crippen LogP contribution in [-0.4, -0.2) is 55.3 Å². The molecule has 0 aliphatic rings. The molecule has 3 aromatic rings. The normalized spacial score (nSPS) is 13.4. The van der Waals surface area contributed by atoms with E-state index in [1.807, 2.05) is 44.2 Å². The van der Waals surface area contributed by atoms with E-state index in [1.54, 1.807) is 25.1 Å². The Morgan fingerprint density at radius 2 is 1.75 bits per heavy atom. The lowest BCUT2D eigenvalue weighted by Gasteiger charge is -2.30. The molecule has 0 aliphatic carbocycles. The number of ether oxygens (including phenoxy) is 1. The fourth-order valence-corrected chi connectivity index (χ4v) is 4.25. The van der Waals surface area contributed by atoms with Gasteiger partial charge in [0, 0.05) is 43.3 Å². The van der Waals surface area contributed by atoms with Gasteiger partial charge in [-0.25, -0.2) is 4.79 Å². The molecule has 0 bridgehead atoms. The zero-order chi connectivity index (χ0) is 29.3. The van der Waals surface area contributed by atoms with Gasteiger partial charge >= 0.3 is 5.63 Å². The van der Waals surface area contributed by atoms with Gasteiger partial charge in [-0.15, -0.1) is 0 Å². The molecule has 9 heteroatoms. The number of phenols is 1. The summed E-state index contributed by atoms with van der Waals surface area (Å²) in [6.07, 6.45) is 1.24. The first-order chi connectivity index (χ1) is 19.1. The molecule has 0 fully saturated rings. The minimum Gasteiger partial charge on any atom is -0.508 e. The van der Waals surface area contributed by atoms with Gasteiger partial charge in [0.1, 0.15) is 16.9 Å². The molecule has 40 heavy (non-hydrogen) atoms. The van der Waals surface area contributed by atoms with E-state index in [0.29, 0.717) is 30.4 Å². The van der Waals surface area contributed by atoms with Crippen LogP contribution in [0, 0.1) is 5.92 Å².